The van der Waals surface area contributed by atoms with E-state index < -0.39 is 6.04 Å². The number of anilines is 1. The predicted molar refractivity (Wildman–Crippen MR) is 90.2 cm³/mol. The van der Waals surface area contributed by atoms with Gasteiger partial charge < -0.3 is 10.2 Å². The Morgan fingerprint density at radius 2 is 1.87 bits per heavy atom. The summed E-state index contributed by atoms with van der Waals surface area (Å²) >= 11 is 0. The molecule has 1 heterocycles. The Bertz CT molecular complexity index is 737. The Labute approximate surface area is 136 Å². The molecule has 0 saturated carbocycles. The van der Waals surface area contributed by atoms with Crippen molar-refractivity contribution in [3.63, 3.8) is 0 Å². The highest BCUT2D eigenvalue weighted by atomic mass is 16.2. The number of hydrogen-bond donors (Lipinski definition) is 1. The minimum Gasteiger partial charge on any atom is -0.324 e. The van der Waals surface area contributed by atoms with E-state index in [9.17, 15) is 9.59 Å². The minimum absolute atomic E-state index is 0.0791. The van der Waals surface area contributed by atoms with Crippen LogP contribution >= 0.6 is 0 Å². The van der Waals surface area contributed by atoms with Crippen LogP contribution in [-0.4, -0.2) is 22.8 Å². The van der Waals surface area contributed by atoms with Crippen molar-refractivity contribution < 1.29 is 9.59 Å². The molecule has 0 unspecified atom stereocenters. The Morgan fingerprint density at radius 3 is 2.52 bits per heavy atom. The van der Waals surface area contributed by atoms with Gasteiger partial charge in [0.1, 0.15) is 6.04 Å². The van der Waals surface area contributed by atoms with Gasteiger partial charge in [-0.15, -0.1) is 0 Å². The summed E-state index contributed by atoms with van der Waals surface area (Å²) in [6, 6.07) is 14.8. The van der Waals surface area contributed by atoms with E-state index >= 15 is 0 Å². The molecule has 23 heavy (non-hydrogen) atoms. The number of rotatable bonds is 4. The van der Waals surface area contributed by atoms with E-state index in [1.807, 2.05) is 48.5 Å². The summed E-state index contributed by atoms with van der Waals surface area (Å²) < 4.78 is 0. The number of hydrogen-bond acceptors (Lipinski definition) is 2. The van der Waals surface area contributed by atoms with Crippen molar-refractivity contribution in [1.29, 1.82) is 0 Å². The Kier molecular flexibility index (Phi) is 4.15. The van der Waals surface area contributed by atoms with Crippen molar-refractivity contribution in [2.45, 2.75) is 32.9 Å². The average Bonchev–Trinajstić information content (AvgIpc) is 2.92. The van der Waals surface area contributed by atoms with E-state index in [1.165, 1.54) is 5.56 Å². The molecule has 0 bridgehead atoms. The molecule has 0 spiro atoms. The molecule has 3 rings (SSSR count). The molecule has 0 saturated heterocycles. The molecule has 1 atom stereocenters. The van der Waals surface area contributed by atoms with Crippen LogP contribution in [0, 0.1) is 0 Å². The van der Waals surface area contributed by atoms with Gasteiger partial charge in [-0.2, -0.15) is 0 Å². The molecule has 1 aliphatic heterocycles. The second kappa shape index (κ2) is 6.24. The monoisotopic (exact) mass is 308 g/mol. The number of fused-ring (bicyclic) bond motifs is 1. The molecule has 0 radical (unpaired) electrons. The maximum Gasteiger partial charge on any atom is 0.255 e. The smallest absolute Gasteiger partial charge is 0.255 e. The lowest BCUT2D eigenvalue weighted by atomic mass is 10.1. The van der Waals surface area contributed by atoms with Gasteiger partial charge in [0.05, 0.1) is 0 Å². The summed E-state index contributed by atoms with van der Waals surface area (Å²) in [4.78, 5) is 26.5. The van der Waals surface area contributed by atoms with Gasteiger partial charge in [0.2, 0.25) is 5.91 Å². The lowest BCUT2D eigenvalue weighted by Gasteiger charge is -2.23. The normalized spacial score (nSPS) is 14.5. The molecule has 0 aromatic heterocycles. The van der Waals surface area contributed by atoms with E-state index in [4.69, 9.17) is 0 Å². The molecule has 1 aliphatic rings. The molecule has 4 nitrogen and oxygen atoms in total. The number of nitrogens with one attached hydrogen (secondary N) is 1. The molecule has 2 aromatic carbocycles. The van der Waals surface area contributed by atoms with Crippen molar-refractivity contribution in [3.05, 3.63) is 65.2 Å². The first kappa shape index (κ1) is 15.3. The van der Waals surface area contributed by atoms with Crippen LogP contribution < -0.4 is 5.32 Å². The molecular weight excluding hydrogens is 288 g/mol. The lowest BCUT2D eigenvalue weighted by molar-refractivity contribution is -0.120. The van der Waals surface area contributed by atoms with E-state index in [0.29, 0.717) is 12.1 Å². The second-order valence-electron chi connectivity index (χ2n) is 5.81. The van der Waals surface area contributed by atoms with E-state index in [2.05, 4.69) is 12.2 Å². The fourth-order valence-corrected chi connectivity index (χ4v) is 2.80. The number of carbonyl (C=O) groups excluding carboxylic acids is 2. The van der Waals surface area contributed by atoms with Crippen molar-refractivity contribution in [3.8, 4) is 0 Å². The number of amides is 2. The van der Waals surface area contributed by atoms with Crippen LogP contribution in [-0.2, 0) is 17.8 Å². The number of aryl methyl sites for hydroxylation is 1. The van der Waals surface area contributed by atoms with Gasteiger partial charge in [0, 0.05) is 17.8 Å². The largest absolute Gasteiger partial charge is 0.324 e. The third kappa shape index (κ3) is 2.97. The van der Waals surface area contributed by atoms with Crippen molar-refractivity contribution in [1.82, 2.24) is 4.90 Å². The van der Waals surface area contributed by atoms with Crippen LogP contribution in [0.25, 0.3) is 0 Å². The fraction of sp³-hybridized carbons (Fsp3) is 0.263. The highest BCUT2D eigenvalue weighted by molar-refractivity contribution is 6.03. The zero-order chi connectivity index (χ0) is 16.4. The van der Waals surface area contributed by atoms with Gasteiger partial charge in [0.15, 0.2) is 0 Å². The van der Waals surface area contributed by atoms with Gasteiger partial charge in [0.25, 0.3) is 5.91 Å². The Hall–Kier alpha value is -2.62. The third-order valence-electron chi connectivity index (χ3n) is 4.33. The minimum atomic E-state index is -0.513. The van der Waals surface area contributed by atoms with Crippen molar-refractivity contribution in [2.24, 2.45) is 0 Å². The summed E-state index contributed by atoms with van der Waals surface area (Å²) in [7, 11) is 0. The molecule has 2 amide bonds. The first-order valence-electron chi connectivity index (χ1n) is 7.89. The van der Waals surface area contributed by atoms with Crippen LogP contribution in [0.4, 0.5) is 5.69 Å². The van der Waals surface area contributed by atoms with Gasteiger partial charge in [-0.3, -0.25) is 9.59 Å². The maximum absolute atomic E-state index is 12.4. The third-order valence-corrected chi connectivity index (χ3v) is 4.33. The molecule has 118 valence electrons. The standard InChI is InChI=1S/C19H20N2O2/c1-3-14-8-10-16(11-9-14)20-18(22)13(2)21-12-15-6-4-5-7-17(15)19(21)23/h4-11,13H,3,12H2,1-2H3,(H,20,22)/t13-/m1/s1. The van der Waals surface area contributed by atoms with Crippen LogP contribution in [0.3, 0.4) is 0 Å². The zero-order valence-corrected chi connectivity index (χ0v) is 13.4. The number of carbonyl (C=O) groups is 2. The van der Waals surface area contributed by atoms with Gasteiger partial charge >= 0.3 is 0 Å². The van der Waals surface area contributed by atoms with Crippen LogP contribution in [0.1, 0.15) is 35.3 Å². The van der Waals surface area contributed by atoms with E-state index in [-0.39, 0.29) is 11.8 Å². The average molecular weight is 308 g/mol. The zero-order valence-electron chi connectivity index (χ0n) is 13.4. The van der Waals surface area contributed by atoms with E-state index in [0.717, 1.165) is 17.7 Å². The van der Waals surface area contributed by atoms with Gasteiger partial charge in [-0.1, -0.05) is 37.3 Å². The quantitative estimate of drug-likeness (QED) is 0.942. The van der Waals surface area contributed by atoms with Crippen LogP contribution in [0.5, 0.6) is 0 Å². The van der Waals surface area contributed by atoms with Crippen molar-refractivity contribution in [2.75, 3.05) is 5.32 Å². The maximum atomic E-state index is 12.4. The summed E-state index contributed by atoms with van der Waals surface area (Å²) in [6.45, 7) is 4.34. The first-order valence-corrected chi connectivity index (χ1v) is 7.89. The van der Waals surface area contributed by atoms with Crippen LogP contribution in [0.15, 0.2) is 48.5 Å². The van der Waals surface area contributed by atoms with Crippen LogP contribution in [0.2, 0.25) is 0 Å². The number of benzene rings is 2. The summed E-state index contributed by atoms with van der Waals surface area (Å²) in [6.07, 6.45) is 0.963. The SMILES string of the molecule is CCc1ccc(NC(=O)[C@@H](C)N2Cc3ccccc3C2=O)cc1. The summed E-state index contributed by atoms with van der Waals surface area (Å²) in [5.41, 5.74) is 3.65. The highest BCUT2D eigenvalue weighted by Crippen LogP contribution is 2.24. The second-order valence-corrected chi connectivity index (χ2v) is 5.81. The first-order chi connectivity index (χ1) is 11.1. The highest BCUT2D eigenvalue weighted by Gasteiger charge is 2.33. The molecule has 0 fully saturated rings. The number of nitrogens with zero attached hydrogens (tertiary/aromatic N) is 1. The molecular formula is C19H20N2O2. The lowest BCUT2D eigenvalue weighted by Crippen LogP contribution is -2.42. The molecule has 0 aliphatic carbocycles. The van der Waals surface area contributed by atoms with Gasteiger partial charge in [-0.05, 0) is 42.7 Å². The molecule has 2 aromatic rings. The fourth-order valence-electron chi connectivity index (χ4n) is 2.80. The molecule has 1 N–H and O–H groups in total. The summed E-state index contributed by atoms with van der Waals surface area (Å²) in [5, 5.41) is 2.88. The Balaban J connectivity index is 1.69. The summed E-state index contributed by atoms with van der Waals surface area (Å²) in [5.74, 6) is -0.250. The Morgan fingerprint density at radius 1 is 1.17 bits per heavy atom. The van der Waals surface area contributed by atoms with Crippen molar-refractivity contribution >= 4 is 17.5 Å². The topological polar surface area (TPSA) is 49.4 Å². The predicted octanol–water partition coefficient (Wildman–Crippen LogP) is 3.23. The van der Waals surface area contributed by atoms with Gasteiger partial charge in [-0.25, -0.2) is 0 Å². The van der Waals surface area contributed by atoms with E-state index in [1.54, 1.807) is 11.8 Å². The molecule has 4 heteroatoms.